The highest BCUT2D eigenvalue weighted by molar-refractivity contribution is 5.89. The Labute approximate surface area is 313 Å². The van der Waals surface area contributed by atoms with Crippen LogP contribution in [0.3, 0.4) is 0 Å². The standard InChI is InChI=1S/C50H36N2O2/c1-49(2)39-12-6-5-11-35(39)36-20-17-29(26-40(36)49)30-18-21-37-38-22-19-31(28-42(38)50(3,4)41(37)27-30)32-23-33(47-51-43-13-7-9-15-45(43)53-47)25-34(24-32)48-52-44-14-8-10-16-46(44)54-48/h5-28H,1-4H3. The summed E-state index contributed by atoms with van der Waals surface area (Å²) in [5.74, 6) is 1.13. The van der Waals surface area contributed by atoms with E-state index in [1.165, 1.54) is 55.6 Å². The van der Waals surface area contributed by atoms with E-state index in [1.54, 1.807) is 0 Å². The molecule has 11 rings (SSSR count). The Kier molecular flexibility index (Phi) is 6.33. The van der Waals surface area contributed by atoms with Gasteiger partial charge in [0.1, 0.15) is 11.0 Å². The van der Waals surface area contributed by atoms with Crippen LogP contribution in [0.4, 0.5) is 0 Å². The molecule has 0 atom stereocenters. The minimum absolute atomic E-state index is 0.0390. The first-order valence-electron chi connectivity index (χ1n) is 18.6. The highest BCUT2D eigenvalue weighted by atomic mass is 16.4. The van der Waals surface area contributed by atoms with E-state index in [0.29, 0.717) is 11.8 Å². The van der Waals surface area contributed by atoms with Gasteiger partial charge in [0, 0.05) is 22.0 Å². The minimum Gasteiger partial charge on any atom is -0.436 e. The minimum atomic E-state index is -0.204. The van der Waals surface area contributed by atoms with Gasteiger partial charge in [-0.05, 0) is 127 Å². The molecule has 0 amide bonds. The Bertz CT molecular complexity index is 2850. The first-order chi connectivity index (χ1) is 26.2. The van der Waals surface area contributed by atoms with Crippen LogP contribution in [0.5, 0.6) is 0 Å². The topological polar surface area (TPSA) is 52.1 Å². The number of rotatable bonds is 4. The largest absolute Gasteiger partial charge is 0.436 e. The second-order valence-electron chi connectivity index (χ2n) is 15.8. The second kappa shape index (κ2) is 11.0. The summed E-state index contributed by atoms with van der Waals surface area (Å²) < 4.78 is 12.6. The Morgan fingerprint density at radius 2 is 0.741 bits per heavy atom. The van der Waals surface area contributed by atoms with Crippen LogP contribution in [-0.2, 0) is 10.8 Å². The third-order valence-corrected chi connectivity index (χ3v) is 11.9. The molecule has 2 aliphatic rings. The van der Waals surface area contributed by atoms with Crippen molar-refractivity contribution in [3.05, 3.63) is 168 Å². The van der Waals surface area contributed by atoms with Crippen LogP contribution in [-0.4, -0.2) is 9.97 Å². The zero-order valence-corrected chi connectivity index (χ0v) is 30.6. The summed E-state index contributed by atoms with van der Waals surface area (Å²) in [6, 6.07) is 52.0. The van der Waals surface area contributed by atoms with Gasteiger partial charge in [0.05, 0.1) is 0 Å². The maximum absolute atomic E-state index is 6.28. The summed E-state index contributed by atoms with van der Waals surface area (Å²) in [5, 5.41) is 0. The van der Waals surface area contributed by atoms with Gasteiger partial charge in [0.15, 0.2) is 11.2 Å². The molecular formula is C50H36N2O2. The SMILES string of the molecule is CC1(C)c2ccccc2-c2ccc(-c3ccc4c(c3)C(C)(C)c3cc(-c5cc(-c6nc7ccccc7o6)cc(-c6nc7ccccc7o6)c5)ccc3-4)cc21. The van der Waals surface area contributed by atoms with Crippen molar-refractivity contribution in [2.24, 2.45) is 0 Å². The first-order valence-corrected chi connectivity index (χ1v) is 18.6. The van der Waals surface area contributed by atoms with Crippen LogP contribution in [0.25, 0.3) is 89.6 Å². The predicted octanol–water partition coefficient (Wildman–Crippen LogP) is 13.2. The van der Waals surface area contributed by atoms with Gasteiger partial charge in [0.25, 0.3) is 0 Å². The quantitative estimate of drug-likeness (QED) is 0.184. The molecule has 0 spiro atoms. The van der Waals surface area contributed by atoms with E-state index in [2.05, 4.69) is 125 Å². The number of para-hydroxylation sites is 4. The normalized spacial score (nSPS) is 14.6. The molecule has 258 valence electrons. The molecule has 4 heteroatoms. The Morgan fingerprint density at radius 3 is 1.24 bits per heavy atom. The Morgan fingerprint density at radius 1 is 0.352 bits per heavy atom. The maximum Gasteiger partial charge on any atom is 0.227 e. The van der Waals surface area contributed by atoms with Crippen molar-refractivity contribution in [1.29, 1.82) is 0 Å². The average Bonchev–Trinajstić information content (AvgIpc) is 3.94. The molecule has 7 aromatic carbocycles. The van der Waals surface area contributed by atoms with Gasteiger partial charge in [-0.15, -0.1) is 0 Å². The molecule has 0 fully saturated rings. The van der Waals surface area contributed by atoms with E-state index < -0.39 is 0 Å². The summed E-state index contributed by atoms with van der Waals surface area (Å²) in [6.07, 6.45) is 0. The average molecular weight is 697 g/mol. The molecule has 0 aliphatic heterocycles. The molecular weight excluding hydrogens is 661 g/mol. The first kappa shape index (κ1) is 31.0. The lowest BCUT2D eigenvalue weighted by Gasteiger charge is -2.23. The highest BCUT2D eigenvalue weighted by Crippen LogP contribution is 2.53. The number of nitrogens with zero attached hydrogens (tertiary/aromatic N) is 2. The van der Waals surface area contributed by atoms with Gasteiger partial charge < -0.3 is 8.83 Å². The van der Waals surface area contributed by atoms with Crippen LogP contribution < -0.4 is 0 Å². The van der Waals surface area contributed by atoms with Crippen molar-refractivity contribution in [1.82, 2.24) is 9.97 Å². The van der Waals surface area contributed by atoms with Crippen LogP contribution in [0.1, 0.15) is 49.9 Å². The van der Waals surface area contributed by atoms with Crippen LogP contribution in [0.15, 0.2) is 154 Å². The number of oxazole rings is 2. The molecule has 2 heterocycles. The van der Waals surface area contributed by atoms with Crippen molar-refractivity contribution in [2.45, 2.75) is 38.5 Å². The summed E-state index contributed by atoms with van der Waals surface area (Å²) in [6.45, 7) is 9.40. The van der Waals surface area contributed by atoms with Gasteiger partial charge in [-0.25, -0.2) is 9.97 Å². The van der Waals surface area contributed by atoms with E-state index in [-0.39, 0.29) is 10.8 Å². The molecule has 0 N–H and O–H groups in total. The van der Waals surface area contributed by atoms with Crippen LogP contribution >= 0.6 is 0 Å². The second-order valence-corrected chi connectivity index (χ2v) is 15.8. The fourth-order valence-electron chi connectivity index (χ4n) is 9.01. The van der Waals surface area contributed by atoms with Crippen molar-refractivity contribution in [3.63, 3.8) is 0 Å². The van der Waals surface area contributed by atoms with Crippen molar-refractivity contribution in [3.8, 4) is 67.4 Å². The lowest BCUT2D eigenvalue weighted by atomic mass is 9.80. The molecule has 0 saturated heterocycles. The molecule has 0 radical (unpaired) electrons. The van der Waals surface area contributed by atoms with Crippen molar-refractivity contribution >= 4 is 22.2 Å². The number of benzene rings is 7. The van der Waals surface area contributed by atoms with Gasteiger partial charge in [-0.3, -0.25) is 0 Å². The number of hydrogen-bond acceptors (Lipinski definition) is 4. The maximum atomic E-state index is 6.28. The summed E-state index contributed by atoms with van der Waals surface area (Å²) in [5.41, 5.74) is 20.1. The fraction of sp³-hybridized carbons (Fsp3) is 0.120. The molecule has 9 aromatic rings. The molecule has 54 heavy (non-hydrogen) atoms. The van der Waals surface area contributed by atoms with E-state index in [9.17, 15) is 0 Å². The van der Waals surface area contributed by atoms with E-state index >= 15 is 0 Å². The zero-order valence-electron chi connectivity index (χ0n) is 30.6. The van der Waals surface area contributed by atoms with Crippen LogP contribution in [0, 0.1) is 0 Å². The molecule has 0 saturated carbocycles. The van der Waals surface area contributed by atoms with Gasteiger partial charge in [-0.2, -0.15) is 0 Å². The van der Waals surface area contributed by atoms with Crippen LogP contribution in [0.2, 0.25) is 0 Å². The molecule has 2 aromatic heterocycles. The lowest BCUT2D eigenvalue weighted by molar-refractivity contribution is 0.617. The lowest BCUT2D eigenvalue weighted by Crippen LogP contribution is -2.15. The smallest absolute Gasteiger partial charge is 0.227 e. The van der Waals surface area contributed by atoms with E-state index in [1.807, 2.05) is 48.5 Å². The molecule has 4 nitrogen and oxygen atoms in total. The van der Waals surface area contributed by atoms with Gasteiger partial charge in [-0.1, -0.05) is 113 Å². The number of hydrogen-bond donors (Lipinski definition) is 0. The van der Waals surface area contributed by atoms with E-state index in [4.69, 9.17) is 18.8 Å². The van der Waals surface area contributed by atoms with Crippen molar-refractivity contribution < 1.29 is 8.83 Å². The Hall–Kier alpha value is -6.52. The van der Waals surface area contributed by atoms with Gasteiger partial charge in [0.2, 0.25) is 11.8 Å². The third kappa shape index (κ3) is 4.50. The zero-order chi connectivity index (χ0) is 36.3. The summed E-state index contributed by atoms with van der Waals surface area (Å²) in [4.78, 5) is 9.71. The molecule has 2 aliphatic carbocycles. The van der Waals surface area contributed by atoms with E-state index in [0.717, 1.165) is 44.5 Å². The Balaban J connectivity index is 1.00. The number of fused-ring (bicyclic) bond motifs is 8. The molecule has 0 unspecified atom stereocenters. The monoisotopic (exact) mass is 696 g/mol. The van der Waals surface area contributed by atoms with Gasteiger partial charge >= 0.3 is 0 Å². The fourth-order valence-corrected chi connectivity index (χ4v) is 9.01. The highest BCUT2D eigenvalue weighted by Gasteiger charge is 2.37. The predicted molar refractivity (Wildman–Crippen MR) is 218 cm³/mol. The number of aromatic nitrogens is 2. The van der Waals surface area contributed by atoms with Crippen molar-refractivity contribution in [2.75, 3.05) is 0 Å². The summed E-state index contributed by atoms with van der Waals surface area (Å²) >= 11 is 0. The summed E-state index contributed by atoms with van der Waals surface area (Å²) in [7, 11) is 0. The molecule has 0 bridgehead atoms. The third-order valence-electron chi connectivity index (χ3n) is 11.9.